The van der Waals surface area contributed by atoms with Gasteiger partial charge < -0.3 is 15.3 Å². The van der Waals surface area contributed by atoms with Gasteiger partial charge in [-0.2, -0.15) is 5.26 Å². The van der Waals surface area contributed by atoms with Crippen LogP contribution in [0.5, 0.6) is 0 Å². The topological polar surface area (TPSA) is 79.6 Å². The fourth-order valence-corrected chi connectivity index (χ4v) is 3.52. The number of likely N-dealkylation sites (N-methyl/N-ethyl adjacent to an activating group) is 1. The molecule has 1 heterocycles. The first-order valence-corrected chi connectivity index (χ1v) is 9.52. The van der Waals surface area contributed by atoms with Gasteiger partial charge >= 0.3 is 0 Å². The van der Waals surface area contributed by atoms with Crippen LogP contribution in [-0.2, 0) is 4.79 Å². The number of nitrogens with one attached hydrogen (secondary N) is 1. The molecular formula is C22H26N4O2. The lowest BCUT2D eigenvalue weighted by atomic mass is 10.0. The Kier molecular flexibility index (Phi) is 6.64. The van der Waals surface area contributed by atoms with Crippen molar-refractivity contribution in [3.05, 3.63) is 65.7 Å². The maximum absolute atomic E-state index is 12.9. The number of likely N-dealkylation sites (tertiary alicyclic amines) is 1. The number of carbonyl (C=O) groups is 1. The first-order chi connectivity index (χ1) is 13.6. The zero-order valence-corrected chi connectivity index (χ0v) is 16.1. The number of hydrogen-bond donors (Lipinski definition) is 2. The Labute approximate surface area is 166 Å². The summed E-state index contributed by atoms with van der Waals surface area (Å²) >= 11 is 0. The number of nitriles is 1. The first-order valence-electron chi connectivity index (χ1n) is 9.52. The number of rotatable bonds is 7. The Bertz CT molecular complexity index is 834. The van der Waals surface area contributed by atoms with Crippen LogP contribution in [0.25, 0.3) is 0 Å². The smallest absolute Gasteiger partial charge is 0.242 e. The largest absolute Gasteiger partial charge is 0.392 e. The second kappa shape index (κ2) is 9.36. The van der Waals surface area contributed by atoms with Crippen LogP contribution in [0.15, 0.2) is 54.6 Å². The van der Waals surface area contributed by atoms with E-state index in [-0.39, 0.29) is 24.6 Å². The molecule has 1 saturated heterocycles. The molecule has 0 bridgehead atoms. The summed E-state index contributed by atoms with van der Waals surface area (Å²) in [7, 11) is 1.82. The average Bonchev–Trinajstić information content (AvgIpc) is 3.15. The van der Waals surface area contributed by atoms with Gasteiger partial charge in [-0.05, 0) is 30.2 Å². The lowest BCUT2D eigenvalue weighted by molar-refractivity contribution is -0.130. The van der Waals surface area contributed by atoms with Crippen molar-refractivity contribution in [2.24, 2.45) is 0 Å². The molecule has 1 fully saturated rings. The summed E-state index contributed by atoms with van der Waals surface area (Å²) in [5.41, 5.74) is 2.38. The zero-order chi connectivity index (χ0) is 19.9. The molecule has 2 aromatic rings. The van der Waals surface area contributed by atoms with E-state index in [9.17, 15) is 9.90 Å². The third kappa shape index (κ3) is 5.10. The molecule has 2 N–H and O–H groups in total. The van der Waals surface area contributed by atoms with Crippen molar-refractivity contribution >= 4 is 11.6 Å². The van der Waals surface area contributed by atoms with Gasteiger partial charge in [-0.15, -0.1) is 0 Å². The summed E-state index contributed by atoms with van der Waals surface area (Å²) in [6.07, 6.45) is 0.488. The quantitative estimate of drug-likeness (QED) is 0.772. The Morgan fingerprint density at radius 1 is 1.32 bits per heavy atom. The van der Waals surface area contributed by atoms with Crippen molar-refractivity contribution in [3.8, 4) is 6.07 Å². The van der Waals surface area contributed by atoms with Crippen molar-refractivity contribution in [2.45, 2.75) is 18.6 Å². The SMILES string of the molecule is CN(C(=O)CNc1cccc(C#N)c1)[C@H](CN1CC[C@H](O)C1)c1ccccc1. The van der Waals surface area contributed by atoms with Crippen LogP contribution in [-0.4, -0.2) is 60.1 Å². The van der Waals surface area contributed by atoms with Crippen LogP contribution in [0.1, 0.15) is 23.6 Å². The average molecular weight is 378 g/mol. The zero-order valence-electron chi connectivity index (χ0n) is 16.1. The molecule has 2 aromatic carbocycles. The second-order valence-electron chi connectivity index (χ2n) is 7.18. The minimum absolute atomic E-state index is 0.0315. The van der Waals surface area contributed by atoms with Crippen molar-refractivity contribution < 1.29 is 9.90 Å². The summed E-state index contributed by atoms with van der Waals surface area (Å²) < 4.78 is 0. The summed E-state index contributed by atoms with van der Waals surface area (Å²) in [6.45, 7) is 2.32. The van der Waals surface area contributed by atoms with Crippen LogP contribution in [0.2, 0.25) is 0 Å². The predicted octanol–water partition coefficient (Wildman–Crippen LogP) is 2.24. The van der Waals surface area contributed by atoms with E-state index >= 15 is 0 Å². The summed E-state index contributed by atoms with van der Waals surface area (Å²) in [6, 6.07) is 19.1. The number of anilines is 1. The highest BCUT2D eigenvalue weighted by Gasteiger charge is 2.27. The van der Waals surface area contributed by atoms with Gasteiger partial charge in [-0.3, -0.25) is 9.69 Å². The number of benzene rings is 2. The van der Waals surface area contributed by atoms with Crippen LogP contribution in [0, 0.1) is 11.3 Å². The highest BCUT2D eigenvalue weighted by atomic mass is 16.3. The Morgan fingerprint density at radius 3 is 2.79 bits per heavy atom. The number of aliphatic hydroxyl groups is 1. The fraction of sp³-hybridized carbons (Fsp3) is 0.364. The maximum Gasteiger partial charge on any atom is 0.242 e. The number of β-amino-alcohol motifs (C(OH)–C–C–N with tert-alkyl or cyclic N) is 1. The number of amides is 1. The molecule has 0 aromatic heterocycles. The Hall–Kier alpha value is -2.88. The Balaban J connectivity index is 1.68. The van der Waals surface area contributed by atoms with E-state index in [2.05, 4.69) is 16.3 Å². The van der Waals surface area contributed by atoms with Crippen LogP contribution in [0.4, 0.5) is 5.69 Å². The molecule has 6 heteroatoms. The Morgan fingerprint density at radius 2 is 2.11 bits per heavy atom. The fourth-order valence-electron chi connectivity index (χ4n) is 3.52. The minimum atomic E-state index is -0.286. The second-order valence-corrected chi connectivity index (χ2v) is 7.18. The third-order valence-electron chi connectivity index (χ3n) is 5.16. The summed E-state index contributed by atoms with van der Waals surface area (Å²) in [5, 5.41) is 21.9. The molecule has 1 aliphatic heterocycles. The molecule has 0 unspecified atom stereocenters. The van der Waals surface area contributed by atoms with E-state index in [0.29, 0.717) is 18.7 Å². The molecule has 28 heavy (non-hydrogen) atoms. The molecule has 0 radical (unpaired) electrons. The van der Waals surface area contributed by atoms with E-state index in [4.69, 9.17) is 5.26 Å². The van der Waals surface area contributed by atoms with E-state index in [0.717, 1.165) is 24.2 Å². The number of hydrogen-bond acceptors (Lipinski definition) is 5. The standard InChI is InChI=1S/C22H26N4O2/c1-25(22(28)14-24-19-9-5-6-17(12-19)13-23)21(18-7-3-2-4-8-18)16-26-11-10-20(27)15-26/h2-9,12,20-21,24,27H,10-11,14-16H2,1H3/t20-,21+/m0/s1. The van der Waals surface area contributed by atoms with Gasteiger partial charge in [0.1, 0.15) is 0 Å². The maximum atomic E-state index is 12.9. The van der Waals surface area contributed by atoms with Crippen LogP contribution >= 0.6 is 0 Å². The molecule has 0 aliphatic carbocycles. The molecule has 6 nitrogen and oxygen atoms in total. The summed E-state index contributed by atoms with van der Waals surface area (Å²) in [4.78, 5) is 16.8. The summed E-state index contributed by atoms with van der Waals surface area (Å²) in [5.74, 6) is -0.0315. The van der Waals surface area contributed by atoms with E-state index in [1.165, 1.54) is 0 Å². The van der Waals surface area contributed by atoms with Crippen molar-refractivity contribution in [2.75, 3.05) is 38.5 Å². The molecule has 3 rings (SSSR count). The van der Waals surface area contributed by atoms with Crippen molar-refractivity contribution in [1.82, 2.24) is 9.80 Å². The normalized spacial score (nSPS) is 17.7. The van der Waals surface area contributed by atoms with Crippen LogP contribution < -0.4 is 5.32 Å². The van der Waals surface area contributed by atoms with E-state index in [1.54, 1.807) is 23.1 Å². The number of carbonyl (C=O) groups excluding carboxylic acids is 1. The van der Waals surface area contributed by atoms with Gasteiger partial charge in [-0.1, -0.05) is 36.4 Å². The molecule has 1 amide bonds. The van der Waals surface area contributed by atoms with Crippen molar-refractivity contribution in [1.29, 1.82) is 5.26 Å². The molecule has 2 atom stereocenters. The first kappa shape index (κ1) is 19.9. The van der Waals surface area contributed by atoms with Gasteiger partial charge in [0.2, 0.25) is 5.91 Å². The minimum Gasteiger partial charge on any atom is -0.392 e. The van der Waals surface area contributed by atoms with Gasteiger partial charge in [0, 0.05) is 32.4 Å². The highest BCUT2D eigenvalue weighted by Crippen LogP contribution is 2.23. The molecule has 146 valence electrons. The van der Waals surface area contributed by atoms with E-state index < -0.39 is 0 Å². The predicted molar refractivity (Wildman–Crippen MR) is 109 cm³/mol. The van der Waals surface area contributed by atoms with Crippen molar-refractivity contribution in [3.63, 3.8) is 0 Å². The third-order valence-corrected chi connectivity index (χ3v) is 5.16. The highest BCUT2D eigenvalue weighted by molar-refractivity contribution is 5.81. The van der Waals surface area contributed by atoms with Crippen LogP contribution in [0.3, 0.4) is 0 Å². The lowest BCUT2D eigenvalue weighted by Gasteiger charge is -2.32. The van der Waals surface area contributed by atoms with Gasteiger partial charge in [0.25, 0.3) is 0 Å². The number of aliphatic hydroxyl groups excluding tert-OH is 1. The van der Waals surface area contributed by atoms with Gasteiger partial charge in [-0.25, -0.2) is 0 Å². The molecule has 0 saturated carbocycles. The number of nitrogens with zero attached hydrogens (tertiary/aromatic N) is 3. The van der Waals surface area contributed by atoms with Gasteiger partial charge in [0.15, 0.2) is 0 Å². The molecule has 1 aliphatic rings. The molecule has 0 spiro atoms. The van der Waals surface area contributed by atoms with E-state index in [1.807, 2.05) is 43.4 Å². The van der Waals surface area contributed by atoms with Gasteiger partial charge in [0.05, 0.1) is 30.3 Å². The monoisotopic (exact) mass is 378 g/mol. The lowest BCUT2D eigenvalue weighted by Crippen LogP contribution is -2.41. The molecular weight excluding hydrogens is 352 g/mol.